The molecule has 1 aliphatic heterocycles. The summed E-state index contributed by atoms with van der Waals surface area (Å²) in [5, 5.41) is 6.93. The molecule has 0 spiro atoms. The fraction of sp³-hybridized carbons (Fsp3) is 0.750. The van der Waals surface area contributed by atoms with Crippen molar-refractivity contribution in [3.05, 3.63) is 16.1 Å². The maximum absolute atomic E-state index is 4.68. The van der Waals surface area contributed by atoms with Gasteiger partial charge in [0.05, 0.1) is 10.7 Å². The summed E-state index contributed by atoms with van der Waals surface area (Å²) in [5.41, 5.74) is 1.25. The van der Waals surface area contributed by atoms with Crippen molar-refractivity contribution in [1.82, 2.24) is 15.2 Å². The highest BCUT2D eigenvalue weighted by molar-refractivity contribution is 7.09. The standard InChI is InChI=1S/C12H21N3S/c1-3-4-12-14-11(9-16-12)8-15-6-5-13-7-10(15)2/h9-10,13H,3-8H2,1-2H3/t10-/m1/s1. The van der Waals surface area contributed by atoms with Gasteiger partial charge in [-0.15, -0.1) is 11.3 Å². The van der Waals surface area contributed by atoms with Gasteiger partial charge in [0.15, 0.2) is 0 Å². The lowest BCUT2D eigenvalue weighted by Crippen LogP contribution is -2.49. The Hall–Kier alpha value is -0.450. The number of piperazine rings is 1. The predicted molar refractivity (Wildman–Crippen MR) is 68.9 cm³/mol. The molecule has 1 saturated heterocycles. The molecule has 3 nitrogen and oxygen atoms in total. The number of thiazole rings is 1. The molecule has 0 unspecified atom stereocenters. The van der Waals surface area contributed by atoms with E-state index in [0.29, 0.717) is 6.04 Å². The van der Waals surface area contributed by atoms with Crippen LogP contribution in [0.5, 0.6) is 0 Å². The largest absolute Gasteiger partial charge is 0.314 e. The Kier molecular flexibility index (Phi) is 4.32. The summed E-state index contributed by atoms with van der Waals surface area (Å²) in [7, 11) is 0. The molecule has 1 aliphatic rings. The first-order valence-corrected chi connectivity index (χ1v) is 7.05. The fourth-order valence-corrected chi connectivity index (χ4v) is 2.97. The summed E-state index contributed by atoms with van der Waals surface area (Å²) in [6, 6.07) is 0.630. The van der Waals surface area contributed by atoms with Crippen LogP contribution in [0.4, 0.5) is 0 Å². The summed E-state index contributed by atoms with van der Waals surface area (Å²) in [6.45, 7) is 8.86. The molecule has 2 heterocycles. The Morgan fingerprint density at radius 1 is 1.62 bits per heavy atom. The van der Waals surface area contributed by atoms with Crippen LogP contribution in [0, 0.1) is 0 Å². The third kappa shape index (κ3) is 3.03. The van der Waals surface area contributed by atoms with Gasteiger partial charge in [-0.3, -0.25) is 4.90 Å². The molecule has 0 saturated carbocycles. The summed E-state index contributed by atoms with van der Waals surface area (Å²) >= 11 is 1.81. The molecule has 1 fully saturated rings. The van der Waals surface area contributed by atoms with Gasteiger partial charge >= 0.3 is 0 Å². The summed E-state index contributed by atoms with van der Waals surface area (Å²) in [4.78, 5) is 7.20. The zero-order chi connectivity index (χ0) is 11.4. The Morgan fingerprint density at radius 2 is 2.50 bits per heavy atom. The highest BCUT2D eigenvalue weighted by atomic mass is 32.1. The first kappa shape index (κ1) is 12.0. The van der Waals surface area contributed by atoms with Crippen LogP contribution < -0.4 is 5.32 Å². The first-order valence-electron chi connectivity index (χ1n) is 6.17. The molecule has 0 radical (unpaired) electrons. The minimum Gasteiger partial charge on any atom is -0.314 e. The summed E-state index contributed by atoms with van der Waals surface area (Å²) in [5.74, 6) is 0. The number of rotatable bonds is 4. The molecule has 0 amide bonds. The van der Waals surface area contributed by atoms with E-state index in [9.17, 15) is 0 Å². The second kappa shape index (κ2) is 5.75. The van der Waals surface area contributed by atoms with Crippen molar-refractivity contribution in [2.75, 3.05) is 19.6 Å². The van der Waals surface area contributed by atoms with Gasteiger partial charge in [-0.25, -0.2) is 4.98 Å². The third-order valence-corrected chi connectivity index (χ3v) is 4.02. The second-order valence-electron chi connectivity index (χ2n) is 4.51. The van der Waals surface area contributed by atoms with Gasteiger partial charge in [-0.2, -0.15) is 0 Å². The minimum atomic E-state index is 0.630. The topological polar surface area (TPSA) is 28.2 Å². The molecule has 1 atom stereocenters. The van der Waals surface area contributed by atoms with Crippen LogP contribution in [-0.2, 0) is 13.0 Å². The normalized spacial score (nSPS) is 22.5. The Labute approximate surface area is 102 Å². The van der Waals surface area contributed by atoms with E-state index in [2.05, 4.69) is 34.4 Å². The molecule has 0 aromatic carbocycles. The maximum Gasteiger partial charge on any atom is 0.0928 e. The van der Waals surface area contributed by atoms with Crippen molar-refractivity contribution in [2.24, 2.45) is 0 Å². The lowest BCUT2D eigenvalue weighted by molar-refractivity contribution is 0.164. The molecule has 16 heavy (non-hydrogen) atoms. The zero-order valence-electron chi connectivity index (χ0n) is 10.2. The van der Waals surface area contributed by atoms with Crippen LogP contribution in [0.25, 0.3) is 0 Å². The number of aryl methyl sites for hydroxylation is 1. The number of nitrogens with one attached hydrogen (secondary N) is 1. The van der Waals surface area contributed by atoms with E-state index in [-0.39, 0.29) is 0 Å². The van der Waals surface area contributed by atoms with Gasteiger partial charge in [0, 0.05) is 37.6 Å². The van der Waals surface area contributed by atoms with Gasteiger partial charge in [0.1, 0.15) is 0 Å². The Bertz CT molecular complexity index is 324. The van der Waals surface area contributed by atoms with E-state index in [1.54, 1.807) is 0 Å². The fourth-order valence-electron chi connectivity index (χ4n) is 2.08. The smallest absolute Gasteiger partial charge is 0.0928 e. The van der Waals surface area contributed by atoms with Crippen LogP contribution in [-0.4, -0.2) is 35.6 Å². The van der Waals surface area contributed by atoms with E-state index in [4.69, 9.17) is 0 Å². The highest BCUT2D eigenvalue weighted by Gasteiger charge is 2.18. The Morgan fingerprint density at radius 3 is 3.25 bits per heavy atom. The molecule has 0 bridgehead atoms. The number of hydrogen-bond acceptors (Lipinski definition) is 4. The molecule has 0 aliphatic carbocycles. The van der Waals surface area contributed by atoms with E-state index < -0.39 is 0 Å². The number of hydrogen-bond donors (Lipinski definition) is 1. The molecule has 1 aromatic heterocycles. The first-order chi connectivity index (χ1) is 7.79. The lowest BCUT2D eigenvalue weighted by atomic mass is 10.2. The van der Waals surface area contributed by atoms with Gasteiger partial charge in [-0.1, -0.05) is 6.92 Å². The summed E-state index contributed by atoms with van der Waals surface area (Å²) < 4.78 is 0. The van der Waals surface area contributed by atoms with Crippen molar-refractivity contribution in [1.29, 1.82) is 0 Å². The molecule has 4 heteroatoms. The SMILES string of the molecule is CCCc1nc(CN2CCNC[C@H]2C)cs1. The van der Waals surface area contributed by atoms with Crippen LogP contribution in [0.3, 0.4) is 0 Å². The van der Waals surface area contributed by atoms with Crippen molar-refractivity contribution in [3.8, 4) is 0 Å². The van der Waals surface area contributed by atoms with Crippen molar-refractivity contribution < 1.29 is 0 Å². The highest BCUT2D eigenvalue weighted by Crippen LogP contribution is 2.15. The molecule has 1 aromatic rings. The third-order valence-electron chi connectivity index (χ3n) is 3.07. The van der Waals surface area contributed by atoms with Crippen LogP contribution in [0.15, 0.2) is 5.38 Å². The van der Waals surface area contributed by atoms with Gasteiger partial charge in [0.25, 0.3) is 0 Å². The molecular weight excluding hydrogens is 218 g/mol. The molecular formula is C12H21N3S. The van der Waals surface area contributed by atoms with Crippen molar-refractivity contribution in [2.45, 2.75) is 39.3 Å². The molecule has 2 rings (SSSR count). The van der Waals surface area contributed by atoms with Gasteiger partial charge in [0.2, 0.25) is 0 Å². The van der Waals surface area contributed by atoms with E-state index >= 15 is 0 Å². The predicted octanol–water partition coefficient (Wildman–Crippen LogP) is 1.89. The van der Waals surface area contributed by atoms with Crippen molar-refractivity contribution >= 4 is 11.3 Å². The number of nitrogens with zero attached hydrogens (tertiary/aromatic N) is 2. The minimum absolute atomic E-state index is 0.630. The second-order valence-corrected chi connectivity index (χ2v) is 5.45. The average Bonchev–Trinajstić information content (AvgIpc) is 2.70. The quantitative estimate of drug-likeness (QED) is 0.869. The Balaban J connectivity index is 1.91. The van der Waals surface area contributed by atoms with Crippen LogP contribution in [0.2, 0.25) is 0 Å². The zero-order valence-corrected chi connectivity index (χ0v) is 11.0. The van der Waals surface area contributed by atoms with Gasteiger partial charge < -0.3 is 5.32 Å². The number of aromatic nitrogens is 1. The van der Waals surface area contributed by atoms with Crippen molar-refractivity contribution in [3.63, 3.8) is 0 Å². The monoisotopic (exact) mass is 239 g/mol. The van der Waals surface area contributed by atoms with Crippen LogP contribution in [0.1, 0.15) is 31.0 Å². The molecule has 1 N–H and O–H groups in total. The lowest BCUT2D eigenvalue weighted by Gasteiger charge is -2.33. The van der Waals surface area contributed by atoms with E-state index in [1.807, 2.05) is 11.3 Å². The van der Waals surface area contributed by atoms with Gasteiger partial charge in [-0.05, 0) is 19.8 Å². The average molecular weight is 239 g/mol. The van der Waals surface area contributed by atoms with E-state index in [1.165, 1.54) is 17.1 Å². The molecule has 90 valence electrons. The summed E-state index contributed by atoms with van der Waals surface area (Å²) in [6.07, 6.45) is 2.32. The maximum atomic E-state index is 4.68. The van der Waals surface area contributed by atoms with Crippen LogP contribution >= 0.6 is 11.3 Å². The van der Waals surface area contributed by atoms with E-state index in [0.717, 1.165) is 32.6 Å².